The molecule has 0 saturated carbocycles. The predicted molar refractivity (Wildman–Crippen MR) is 68.3 cm³/mol. The van der Waals surface area contributed by atoms with E-state index in [2.05, 4.69) is 0 Å². The fourth-order valence-electron chi connectivity index (χ4n) is 3.04. The van der Waals surface area contributed by atoms with Gasteiger partial charge in [-0.1, -0.05) is 12.8 Å². The molecule has 1 N–H and O–H groups in total. The minimum Gasteiger partial charge on any atom is -0.480 e. The Morgan fingerprint density at radius 2 is 1.72 bits per heavy atom. The molecule has 1 unspecified atom stereocenters. The van der Waals surface area contributed by atoms with Crippen molar-refractivity contribution in [2.24, 2.45) is 0 Å². The van der Waals surface area contributed by atoms with Crippen LogP contribution >= 0.6 is 0 Å². The van der Waals surface area contributed by atoms with Crippen LogP contribution in [0.1, 0.15) is 38.5 Å². The first-order valence-corrected chi connectivity index (χ1v) is 8.51. The van der Waals surface area contributed by atoms with E-state index in [1.165, 1.54) is 0 Å². The summed E-state index contributed by atoms with van der Waals surface area (Å²) in [5.41, 5.74) is 0. The zero-order chi connectivity index (χ0) is 13.2. The first kappa shape index (κ1) is 13.8. The van der Waals surface area contributed by atoms with Crippen molar-refractivity contribution < 1.29 is 18.3 Å². The van der Waals surface area contributed by atoms with Crippen molar-refractivity contribution in [1.82, 2.24) is 4.90 Å². The number of carboxylic acid groups (broad SMARTS) is 1. The molecule has 0 aromatic rings. The zero-order valence-corrected chi connectivity index (χ0v) is 11.4. The van der Waals surface area contributed by atoms with Gasteiger partial charge in [0.05, 0.1) is 11.5 Å². The molecular weight excluding hydrogens is 254 g/mol. The number of carboxylic acids is 1. The Hall–Kier alpha value is -0.620. The van der Waals surface area contributed by atoms with Gasteiger partial charge in [0.1, 0.15) is 15.9 Å². The molecule has 104 valence electrons. The molecule has 0 radical (unpaired) electrons. The van der Waals surface area contributed by atoms with E-state index in [0.29, 0.717) is 19.3 Å². The van der Waals surface area contributed by atoms with E-state index in [0.717, 1.165) is 25.8 Å². The summed E-state index contributed by atoms with van der Waals surface area (Å²) >= 11 is 0. The van der Waals surface area contributed by atoms with Crippen LogP contribution in [0.5, 0.6) is 0 Å². The Bertz CT molecular complexity index is 392. The van der Waals surface area contributed by atoms with Gasteiger partial charge in [0.25, 0.3) is 0 Å². The van der Waals surface area contributed by atoms with Crippen LogP contribution in [0.2, 0.25) is 0 Å². The Balaban J connectivity index is 2.06. The second kappa shape index (κ2) is 5.57. The molecule has 2 rings (SSSR count). The average Bonchev–Trinajstić information content (AvgIpc) is 2.54. The maximum Gasteiger partial charge on any atom is 0.320 e. The van der Waals surface area contributed by atoms with Crippen molar-refractivity contribution in [3.63, 3.8) is 0 Å². The van der Waals surface area contributed by atoms with Crippen LogP contribution in [0, 0.1) is 0 Å². The van der Waals surface area contributed by atoms with Crippen LogP contribution in [0.4, 0.5) is 0 Å². The fourth-order valence-corrected chi connectivity index (χ4v) is 4.51. The van der Waals surface area contributed by atoms with Crippen LogP contribution in [0.15, 0.2) is 0 Å². The average molecular weight is 275 g/mol. The summed E-state index contributed by atoms with van der Waals surface area (Å²) in [6.45, 7) is 0.793. The Labute approximate surface area is 108 Å². The number of carbonyl (C=O) groups is 1. The third kappa shape index (κ3) is 3.23. The summed E-state index contributed by atoms with van der Waals surface area (Å²) in [5, 5.41) is 9.31. The van der Waals surface area contributed by atoms with Gasteiger partial charge in [0.2, 0.25) is 0 Å². The van der Waals surface area contributed by atoms with Crippen molar-refractivity contribution in [1.29, 1.82) is 0 Å². The van der Waals surface area contributed by atoms with E-state index in [-0.39, 0.29) is 17.5 Å². The van der Waals surface area contributed by atoms with Crippen LogP contribution in [0.3, 0.4) is 0 Å². The number of sulfone groups is 1. The molecule has 2 fully saturated rings. The lowest BCUT2D eigenvalue weighted by Crippen LogP contribution is -2.49. The topological polar surface area (TPSA) is 74.7 Å². The lowest BCUT2D eigenvalue weighted by atomic mass is 10.0. The molecule has 0 aromatic carbocycles. The fraction of sp³-hybridized carbons (Fsp3) is 0.917. The summed E-state index contributed by atoms with van der Waals surface area (Å²) in [4.78, 5) is 13.4. The third-order valence-electron chi connectivity index (χ3n) is 4.07. The Morgan fingerprint density at radius 3 is 2.33 bits per heavy atom. The number of hydrogen-bond acceptors (Lipinski definition) is 4. The van der Waals surface area contributed by atoms with Gasteiger partial charge >= 0.3 is 5.97 Å². The summed E-state index contributed by atoms with van der Waals surface area (Å²) in [7, 11) is -2.88. The Morgan fingerprint density at radius 1 is 1.06 bits per heavy atom. The SMILES string of the molecule is O=C(O)C1CCCCCN1C1CCS(=O)(=O)CC1. The lowest BCUT2D eigenvalue weighted by molar-refractivity contribution is -0.144. The summed E-state index contributed by atoms with van der Waals surface area (Å²) < 4.78 is 22.9. The molecule has 2 heterocycles. The van der Waals surface area contributed by atoms with E-state index in [9.17, 15) is 18.3 Å². The quantitative estimate of drug-likeness (QED) is 0.810. The zero-order valence-electron chi connectivity index (χ0n) is 10.5. The van der Waals surface area contributed by atoms with E-state index in [1.807, 2.05) is 4.90 Å². The molecule has 1 atom stereocenters. The Kier molecular flexibility index (Phi) is 4.27. The van der Waals surface area contributed by atoms with Gasteiger partial charge < -0.3 is 5.11 Å². The molecule has 0 spiro atoms. The highest BCUT2D eigenvalue weighted by molar-refractivity contribution is 7.91. The maximum absolute atomic E-state index is 11.4. The van der Waals surface area contributed by atoms with Crippen LogP contribution in [-0.4, -0.2) is 54.5 Å². The van der Waals surface area contributed by atoms with Gasteiger partial charge in [-0.25, -0.2) is 8.42 Å². The van der Waals surface area contributed by atoms with Crippen molar-refractivity contribution >= 4 is 15.8 Å². The van der Waals surface area contributed by atoms with Crippen LogP contribution < -0.4 is 0 Å². The van der Waals surface area contributed by atoms with Gasteiger partial charge in [-0.05, 0) is 32.2 Å². The third-order valence-corrected chi connectivity index (χ3v) is 5.79. The number of likely N-dealkylation sites (tertiary alicyclic amines) is 1. The number of hydrogen-bond donors (Lipinski definition) is 1. The summed E-state index contributed by atoms with van der Waals surface area (Å²) in [5.74, 6) is -0.341. The second-order valence-corrected chi connectivity index (χ2v) is 7.63. The van der Waals surface area contributed by atoms with Crippen molar-refractivity contribution in [2.45, 2.75) is 50.6 Å². The smallest absolute Gasteiger partial charge is 0.320 e. The maximum atomic E-state index is 11.4. The molecule has 2 saturated heterocycles. The molecule has 6 heteroatoms. The first-order chi connectivity index (χ1) is 8.49. The van der Waals surface area contributed by atoms with E-state index >= 15 is 0 Å². The van der Waals surface area contributed by atoms with Crippen molar-refractivity contribution in [2.75, 3.05) is 18.1 Å². The predicted octanol–water partition coefficient (Wildman–Crippen LogP) is 0.893. The molecule has 0 bridgehead atoms. The van der Waals surface area contributed by atoms with Gasteiger partial charge in [-0.3, -0.25) is 9.69 Å². The normalized spacial score (nSPS) is 30.8. The van der Waals surface area contributed by atoms with E-state index in [4.69, 9.17) is 0 Å². The van der Waals surface area contributed by atoms with E-state index < -0.39 is 21.8 Å². The van der Waals surface area contributed by atoms with Crippen LogP contribution in [0.25, 0.3) is 0 Å². The minimum atomic E-state index is -2.88. The van der Waals surface area contributed by atoms with Gasteiger partial charge in [-0.2, -0.15) is 0 Å². The molecular formula is C12H21NO4S. The highest BCUT2D eigenvalue weighted by Crippen LogP contribution is 2.25. The second-order valence-electron chi connectivity index (χ2n) is 5.32. The highest BCUT2D eigenvalue weighted by atomic mass is 32.2. The van der Waals surface area contributed by atoms with Gasteiger partial charge in [0, 0.05) is 6.04 Å². The minimum absolute atomic E-state index is 0.132. The molecule has 0 aliphatic carbocycles. The van der Waals surface area contributed by atoms with Gasteiger partial charge in [-0.15, -0.1) is 0 Å². The number of nitrogens with zero attached hydrogens (tertiary/aromatic N) is 1. The molecule has 2 aliphatic heterocycles. The molecule has 2 aliphatic rings. The number of aliphatic carboxylic acids is 1. The monoisotopic (exact) mass is 275 g/mol. The molecule has 0 aromatic heterocycles. The van der Waals surface area contributed by atoms with E-state index in [1.54, 1.807) is 0 Å². The van der Waals surface area contributed by atoms with Gasteiger partial charge in [0.15, 0.2) is 0 Å². The summed E-state index contributed by atoms with van der Waals surface area (Å²) in [6.07, 6.45) is 4.92. The van der Waals surface area contributed by atoms with Crippen molar-refractivity contribution in [3.8, 4) is 0 Å². The molecule has 5 nitrogen and oxygen atoms in total. The highest BCUT2D eigenvalue weighted by Gasteiger charge is 2.35. The molecule has 0 amide bonds. The standard InChI is InChI=1S/C12H21NO4S/c14-12(15)11-4-2-1-3-7-13(11)10-5-8-18(16,17)9-6-10/h10-11H,1-9H2,(H,14,15). The number of rotatable bonds is 2. The molecule has 18 heavy (non-hydrogen) atoms. The summed E-state index contributed by atoms with van der Waals surface area (Å²) in [6, 6.07) is -0.286. The van der Waals surface area contributed by atoms with Crippen LogP contribution in [-0.2, 0) is 14.6 Å². The lowest BCUT2D eigenvalue weighted by Gasteiger charge is -2.36. The largest absolute Gasteiger partial charge is 0.480 e. The van der Waals surface area contributed by atoms with Crippen molar-refractivity contribution in [3.05, 3.63) is 0 Å². The first-order valence-electron chi connectivity index (χ1n) is 6.68.